The molecule has 0 radical (unpaired) electrons. The molecule has 18 heavy (non-hydrogen) atoms. The third kappa shape index (κ3) is 3.82. The molecular weight excluding hydrogens is 222 g/mol. The zero-order valence-electron chi connectivity index (χ0n) is 11.8. The van der Waals surface area contributed by atoms with Crippen molar-refractivity contribution in [1.29, 1.82) is 0 Å². The van der Waals surface area contributed by atoms with E-state index >= 15 is 0 Å². The second kappa shape index (κ2) is 5.85. The lowest BCUT2D eigenvalue weighted by Gasteiger charge is -2.20. The number of hydrogen-bond donors (Lipinski definition) is 1. The third-order valence-corrected chi connectivity index (χ3v) is 3.75. The lowest BCUT2D eigenvalue weighted by atomic mass is 10.0. The molecule has 100 valence electrons. The second-order valence-electron chi connectivity index (χ2n) is 6.01. The van der Waals surface area contributed by atoms with Crippen molar-refractivity contribution in [3.63, 3.8) is 0 Å². The maximum Gasteiger partial charge on any atom is 0.0707 e. The van der Waals surface area contributed by atoms with Crippen LogP contribution >= 0.6 is 0 Å². The van der Waals surface area contributed by atoms with E-state index < -0.39 is 0 Å². The molecule has 0 bridgehead atoms. The van der Waals surface area contributed by atoms with Gasteiger partial charge in [-0.1, -0.05) is 37.3 Å². The van der Waals surface area contributed by atoms with Gasteiger partial charge in [-0.2, -0.15) is 0 Å². The van der Waals surface area contributed by atoms with Gasteiger partial charge in [0.25, 0.3) is 0 Å². The SMILES string of the molecule is CC(CNCC1CCC(C)(C)O1)c1ccccc1. The summed E-state index contributed by atoms with van der Waals surface area (Å²) < 4.78 is 5.97. The molecule has 0 aromatic heterocycles. The monoisotopic (exact) mass is 247 g/mol. The molecule has 2 rings (SSSR count). The minimum atomic E-state index is 0.0807. The number of rotatable bonds is 5. The molecule has 1 aromatic carbocycles. The Morgan fingerprint density at radius 2 is 2.06 bits per heavy atom. The van der Waals surface area contributed by atoms with Gasteiger partial charge in [0.2, 0.25) is 0 Å². The minimum Gasteiger partial charge on any atom is -0.371 e. The van der Waals surface area contributed by atoms with Crippen LogP contribution in [0.2, 0.25) is 0 Å². The topological polar surface area (TPSA) is 21.3 Å². The fourth-order valence-electron chi connectivity index (χ4n) is 2.58. The van der Waals surface area contributed by atoms with Gasteiger partial charge in [-0.15, -0.1) is 0 Å². The molecule has 1 fully saturated rings. The molecule has 1 N–H and O–H groups in total. The molecule has 2 heteroatoms. The van der Waals surface area contributed by atoms with E-state index in [1.807, 2.05) is 0 Å². The van der Waals surface area contributed by atoms with Crippen LogP contribution in [0.1, 0.15) is 45.1 Å². The summed E-state index contributed by atoms with van der Waals surface area (Å²) in [7, 11) is 0. The zero-order chi connectivity index (χ0) is 13.0. The Balaban J connectivity index is 1.70. The van der Waals surface area contributed by atoms with Gasteiger partial charge in [-0.05, 0) is 38.2 Å². The van der Waals surface area contributed by atoms with Crippen LogP contribution in [0, 0.1) is 0 Å². The van der Waals surface area contributed by atoms with Crippen LogP contribution in [-0.4, -0.2) is 24.8 Å². The Morgan fingerprint density at radius 3 is 2.67 bits per heavy atom. The van der Waals surface area contributed by atoms with E-state index in [4.69, 9.17) is 4.74 Å². The summed E-state index contributed by atoms with van der Waals surface area (Å²) in [5.41, 5.74) is 1.48. The third-order valence-electron chi connectivity index (χ3n) is 3.75. The molecule has 0 amide bonds. The highest BCUT2D eigenvalue weighted by Gasteiger charge is 2.31. The van der Waals surface area contributed by atoms with Crippen LogP contribution in [0.3, 0.4) is 0 Å². The van der Waals surface area contributed by atoms with Gasteiger partial charge in [0.1, 0.15) is 0 Å². The quantitative estimate of drug-likeness (QED) is 0.861. The standard InChI is InChI=1S/C16H25NO/c1-13(14-7-5-4-6-8-14)11-17-12-15-9-10-16(2,3)18-15/h4-8,13,15,17H,9-12H2,1-3H3. The van der Waals surface area contributed by atoms with E-state index in [1.54, 1.807) is 0 Å². The van der Waals surface area contributed by atoms with Gasteiger partial charge >= 0.3 is 0 Å². The fourth-order valence-corrected chi connectivity index (χ4v) is 2.58. The first kappa shape index (κ1) is 13.6. The molecule has 2 nitrogen and oxygen atoms in total. The molecule has 1 aromatic rings. The molecule has 2 atom stereocenters. The number of hydrogen-bond acceptors (Lipinski definition) is 2. The highest BCUT2D eigenvalue weighted by Crippen LogP contribution is 2.28. The first-order chi connectivity index (χ1) is 8.57. The maximum atomic E-state index is 5.97. The molecular formula is C16H25NO. The Morgan fingerprint density at radius 1 is 1.33 bits per heavy atom. The van der Waals surface area contributed by atoms with Crippen LogP contribution in [0.4, 0.5) is 0 Å². The average Bonchev–Trinajstić information content (AvgIpc) is 2.70. The van der Waals surface area contributed by atoms with Gasteiger partial charge in [0, 0.05) is 13.1 Å². The van der Waals surface area contributed by atoms with Crippen LogP contribution in [0.25, 0.3) is 0 Å². The maximum absolute atomic E-state index is 5.97. The van der Waals surface area contributed by atoms with Gasteiger partial charge < -0.3 is 10.1 Å². The highest BCUT2D eigenvalue weighted by atomic mass is 16.5. The normalized spacial score (nSPS) is 24.1. The van der Waals surface area contributed by atoms with Gasteiger partial charge in [-0.3, -0.25) is 0 Å². The second-order valence-corrected chi connectivity index (χ2v) is 6.01. The van der Waals surface area contributed by atoms with Gasteiger partial charge in [-0.25, -0.2) is 0 Å². The molecule has 1 aliphatic heterocycles. The Kier molecular flexibility index (Phi) is 4.41. The van der Waals surface area contributed by atoms with Gasteiger partial charge in [0.05, 0.1) is 11.7 Å². The van der Waals surface area contributed by atoms with Crippen LogP contribution in [-0.2, 0) is 4.74 Å². The smallest absolute Gasteiger partial charge is 0.0707 e. The molecule has 0 aliphatic carbocycles. The zero-order valence-corrected chi connectivity index (χ0v) is 11.8. The average molecular weight is 247 g/mol. The van der Waals surface area contributed by atoms with Crippen LogP contribution < -0.4 is 5.32 Å². The van der Waals surface area contributed by atoms with E-state index in [2.05, 4.69) is 56.4 Å². The summed E-state index contributed by atoms with van der Waals surface area (Å²) in [6.07, 6.45) is 2.75. The van der Waals surface area contributed by atoms with Crippen molar-refractivity contribution in [3.8, 4) is 0 Å². The Bertz CT molecular complexity index is 361. The number of ether oxygens (including phenoxy) is 1. The summed E-state index contributed by atoms with van der Waals surface area (Å²) in [6, 6.07) is 10.7. The van der Waals surface area contributed by atoms with Crippen molar-refractivity contribution in [2.45, 2.75) is 51.2 Å². The Labute approximate surface area is 111 Å². The molecule has 1 heterocycles. The van der Waals surface area contributed by atoms with Crippen molar-refractivity contribution in [2.24, 2.45) is 0 Å². The van der Waals surface area contributed by atoms with Gasteiger partial charge in [0.15, 0.2) is 0 Å². The lowest BCUT2D eigenvalue weighted by molar-refractivity contribution is -0.0141. The summed E-state index contributed by atoms with van der Waals surface area (Å²) >= 11 is 0. The minimum absolute atomic E-state index is 0.0807. The van der Waals surface area contributed by atoms with E-state index in [1.165, 1.54) is 18.4 Å². The lowest BCUT2D eigenvalue weighted by Crippen LogP contribution is -2.31. The summed E-state index contributed by atoms with van der Waals surface area (Å²) in [5.74, 6) is 0.556. The predicted molar refractivity (Wildman–Crippen MR) is 75.9 cm³/mol. The molecule has 2 unspecified atom stereocenters. The first-order valence-corrected chi connectivity index (χ1v) is 7.00. The summed E-state index contributed by atoms with van der Waals surface area (Å²) in [5, 5.41) is 3.54. The van der Waals surface area contributed by atoms with E-state index in [0.29, 0.717) is 12.0 Å². The van der Waals surface area contributed by atoms with Crippen molar-refractivity contribution < 1.29 is 4.74 Å². The van der Waals surface area contributed by atoms with E-state index in [0.717, 1.165) is 13.1 Å². The number of benzene rings is 1. The highest BCUT2D eigenvalue weighted by molar-refractivity contribution is 5.18. The largest absolute Gasteiger partial charge is 0.371 e. The summed E-state index contributed by atoms with van der Waals surface area (Å²) in [4.78, 5) is 0. The summed E-state index contributed by atoms with van der Waals surface area (Å²) in [6.45, 7) is 8.62. The van der Waals surface area contributed by atoms with Crippen molar-refractivity contribution in [3.05, 3.63) is 35.9 Å². The number of nitrogens with one attached hydrogen (secondary N) is 1. The van der Waals surface area contributed by atoms with E-state index in [9.17, 15) is 0 Å². The first-order valence-electron chi connectivity index (χ1n) is 7.00. The molecule has 1 saturated heterocycles. The Hall–Kier alpha value is -0.860. The molecule has 0 spiro atoms. The van der Waals surface area contributed by atoms with Crippen LogP contribution in [0.5, 0.6) is 0 Å². The molecule has 0 saturated carbocycles. The fraction of sp³-hybridized carbons (Fsp3) is 0.625. The predicted octanol–water partition coefficient (Wildman–Crippen LogP) is 3.34. The van der Waals surface area contributed by atoms with Crippen LogP contribution in [0.15, 0.2) is 30.3 Å². The van der Waals surface area contributed by atoms with Crippen molar-refractivity contribution in [2.75, 3.05) is 13.1 Å². The molecule has 1 aliphatic rings. The van der Waals surface area contributed by atoms with Crippen molar-refractivity contribution in [1.82, 2.24) is 5.32 Å². The van der Waals surface area contributed by atoms with E-state index in [-0.39, 0.29) is 5.60 Å². The van der Waals surface area contributed by atoms with Crippen molar-refractivity contribution >= 4 is 0 Å².